The van der Waals surface area contributed by atoms with Crippen LogP contribution in [0.3, 0.4) is 0 Å². The van der Waals surface area contributed by atoms with Crippen LogP contribution in [0.1, 0.15) is 37.5 Å². The van der Waals surface area contributed by atoms with Crippen molar-refractivity contribution in [3.63, 3.8) is 0 Å². The third-order valence-corrected chi connectivity index (χ3v) is 6.23. The van der Waals surface area contributed by atoms with Crippen LogP contribution < -0.4 is 5.32 Å². The van der Waals surface area contributed by atoms with Crippen molar-refractivity contribution in [2.24, 2.45) is 0 Å². The zero-order valence-electron chi connectivity index (χ0n) is 19.4. The Morgan fingerprint density at radius 2 is 1.71 bits per heavy atom. The lowest BCUT2D eigenvalue weighted by Gasteiger charge is -2.09. The molecule has 6 heteroatoms. The summed E-state index contributed by atoms with van der Waals surface area (Å²) < 4.78 is 2.14. The van der Waals surface area contributed by atoms with Crippen molar-refractivity contribution in [1.82, 2.24) is 14.9 Å². The number of rotatable bonds is 7. The summed E-state index contributed by atoms with van der Waals surface area (Å²) in [7, 11) is 0. The molecule has 0 spiro atoms. The number of benzene rings is 3. The van der Waals surface area contributed by atoms with Crippen LogP contribution >= 0.6 is 0 Å². The molecule has 0 saturated heterocycles. The zero-order chi connectivity index (χ0) is 24.4. The van der Waals surface area contributed by atoms with Gasteiger partial charge in [-0.3, -0.25) is 9.78 Å². The highest BCUT2D eigenvalue weighted by atomic mass is 16.4. The first-order chi connectivity index (χ1) is 17.0. The first-order valence-corrected chi connectivity index (χ1v) is 11.5. The van der Waals surface area contributed by atoms with Gasteiger partial charge >= 0.3 is 5.97 Å². The van der Waals surface area contributed by atoms with Gasteiger partial charge in [-0.2, -0.15) is 0 Å². The second-order valence-corrected chi connectivity index (χ2v) is 8.68. The van der Waals surface area contributed by atoms with E-state index in [-0.39, 0.29) is 11.5 Å². The van der Waals surface area contributed by atoms with Crippen molar-refractivity contribution in [2.75, 3.05) is 6.54 Å². The minimum atomic E-state index is -0.948. The number of aryl methyl sites for hydroxylation is 1. The normalized spacial score (nSPS) is 11.1. The van der Waals surface area contributed by atoms with Crippen LogP contribution in [-0.4, -0.2) is 33.1 Å². The molecule has 5 rings (SSSR count). The predicted molar refractivity (Wildman–Crippen MR) is 137 cm³/mol. The summed E-state index contributed by atoms with van der Waals surface area (Å²) in [5.74, 6) is -1.08. The number of nitrogens with zero attached hydrogens (tertiary/aromatic N) is 2. The van der Waals surface area contributed by atoms with Gasteiger partial charge in [0.15, 0.2) is 0 Å². The molecule has 6 nitrogen and oxygen atoms in total. The molecule has 0 radical (unpaired) electrons. The van der Waals surface area contributed by atoms with Gasteiger partial charge in [0, 0.05) is 34.6 Å². The molecule has 0 fully saturated rings. The Bertz CT molecular complexity index is 1550. The van der Waals surface area contributed by atoms with Crippen LogP contribution in [0, 0.1) is 6.92 Å². The number of aromatic nitrogens is 2. The summed E-state index contributed by atoms with van der Waals surface area (Å²) in [5.41, 5.74) is 5.90. The Morgan fingerprint density at radius 1 is 0.943 bits per heavy atom. The molecular weight excluding hydrogens is 438 g/mol. The molecule has 1 amide bonds. The fraction of sp³-hybridized carbons (Fsp3) is 0.138. The van der Waals surface area contributed by atoms with Crippen LogP contribution in [0.5, 0.6) is 0 Å². The average Bonchev–Trinajstić information content (AvgIpc) is 3.18. The Labute approximate surface area is 202 Å². The molecule has 2 heterocycles. The van der Waals surface area contributed by atoms with Crippen LogP contribution in [0.15, 0.2) is 85.1 Å². The third-order valence-electron chi connectivity index (χ3n) is 6.23. The van der Waals surface area contributed by atoms with Gasteiger partial charge in [0.25, 0.3) is 5.91 Å². The number of pyridine rings is 1. The number of amides is 1. The molecule has 0 bridgehead atoms. The van der Waals surface area contributed by atoms with Crippen molar-refractivity contribution in [3.8, 4) is 0 Å². The van der Waals surface area contributed by atoms with E-state index in [1.54, 1.807) is 24.3 Å². The number of nitrogens with one attached hydrogen (secondary N) is 1. The number of hydrogen-bond donors (Lipinski definition) is 2. The van der Waals surface area contributed by atoms with Crippen LogP contribution in [0.2, 0.25) is 0 Å². The molecule has 0 aliphatic heterocycles. The Kier molecular flexibility index (Phi) is 6.02. The van der Waals surface area contributed by atoms with Gasteiger partial charge in [0.2, 0.25) is 0 Å². The Balaban J connectivity index is 1.31. The monoisotopic (exact) mass is 463 g/mol. The molecule has 0 aliphatic carbocycles. The second kappa shape index (κ2) is 9.43. The lowest BCUT2D eigenvalue weighted by molar-refractivity contribution is 0.0696. The SMILES string of the molecule is Cc1cn(Cc2ccc3ccccc3n2)c2cc(C(=O)NCCc3ccc(C(=O)O)cc3)ccc12. The van der Waals surface area contributed by atoms with Crippen molar-refractivity contribution in [1.29, 1.82) is 0 Å². The number of carboxylic acids is 1. The van der Waals surface area contributed by atoms with E-state index >= 15 is 0 Å². The van der Waals surface area contributed by atoms with Crippen molar-refractivity contribution >= 4 is 33.7 Å². The maximum absolute atomic E-state index is 12.8. The van der Waals surface area contributed by atoms with E-state index in [0.29, 0.717) is 25.1 Å². The number of aromatic carboxylic acids is 1. The summed E-state index contributed by atoms with van der Waals surface area (Å²) >= 11 is 0. The first-order valence-electron chi connectivity index (χ1n) is 11.5. The molecule has 174 valence electrons. The predicted octanol–water partition coefficient (Wildman–Crippen LogP) is 5.22. The van der Waals surface area contributed by atoms with Gasteiger partial charge in [-0.1, -0.05) is 42.5 Å². The fourth-order valence-electron chi connectivity index (χ4n) is 4.35. The topological polar surface area (TPSA) is 84.2 Å². The molecule has 5 aromatic rings. The lowest BCUT2D eigenvalue weighted by atomic mass is 10.1. The molecule has 0 atom stereocenters. The highest BCUT2D eigenvalue weighted by Crippen LogP contribution is 2.24. The highest BCUT2D eigenvalue weighted by Gasteiger charge is 2.12. The van der Waals surface area contributed by atoms with E-state index in [4.69, 9.17) is 10.1 Å². The highest BCUT2D eigenvalue weighted by molar-refractivity contribution is 5.98. The maximum Gasteiger partial charge on any atom is 0.335 e. The largest absolute Gasteiger partial charge is 0.478 e. The molecule has 3 aromatic carbocycles. The van der Waals surface area contributed by atoms with Crippen molar-refractivity contribution in [3.05, 3.63) is 113 Å². The number of carboxylic acid groups (broad SMARTS) is 1. The summed E-state index contributed by atoms with van der Waals surface area (Å²) in [5, 5.41) is 14.2. The molecule has 0 unspecified atom stereocenters. The number of carbonyl (C=O) groups is 2. The van der Waals surface area contributed by atoms with E-state index in [1.165, 1.54) is 0 Å². The minimum absolute atomic E-state index is 0.136. The Morgan fingerprint density at radius 3 is 2.51 bits per heavy atom. The standard InChI is InChI=1S/C29H25N3O3/c1-19-17-32(18-24-12-10-21-4-2-3-5-26(21)31-24)27-16-23(11-13-25(19)27)28(33)30-15-14-20-6-8-22(9-7-20)29(34)35/h2-13,16-17H,14-15,18H2,1H3,(H,30,33)(H,34,35). The van der Waals surface area contributed by atoms with Crippen LogP contribution in [0.4, 0.5) is 0 Å². The molecule has 2 aromatic heterocycles. The van der Waals surface area contributed by atoms with E-state index in [9.17, 15) is 9.59 Å². The second-order valence-electron chi connectivity index (χ2n) is 8.68. The smallest absolute Gasteiger partial charge is 0.335 e. The molecule has 0 saturated carbocycles. The van der Waals surface area contributed by atoms with Gasteiger partial charge in [-0.05, 0) is 60.9 Å². The summed E-state index contributed by atoms with van der Waals surface area (Å²) in [6.07, 6.45) is 2.72. The summed E-state index contributed by atoms with van der Waals surface area (Å²) in [6, 6.07) is 24.7. The number of carbonyl (C=O) groups excluding carboxylic acids is 1. The summed E-state index contributed by atoms with van der Waals surface area (Å²) in [6.45, 7) is 3.15. The minimum Gasteiger partial charge on any atom is -0.478 e. The van der Waals surface area contributed by atoms with E-state index in [2.05, 4.69) is 35.1 Å². The Hall–Kier alpha value is -4.45. The first kappa shape index (κ1) is 22.3. The van der Waals surface area contributed by atoms with E-state index in [0.717, 1.165) is 38.6 Å². The number of fused-ring (bicyclic) bond motifs is 2. The fourth-order valence-corrected chi connectivity index (χ4v) is 4.35. The van der Waals surface area contributed by atoms with E-state index in [1.807, 2.05) is 42.5 Å². The number of hydrogen-bond acceptors (Lipinski definition) is 3. The third kappa shape index (κ3) is 4.77. The van der Waals surface area contributed by atoms with Crippen LogP contribution in [0.25, 0.3) is 21.8 Å². The molecular formula is C29H25N3O3. The van der Waals surface area contributed by atoms with Crippen molar-refractivity contribution < 1.29 is 14.7 Å². The van der Waals surface area contributed by atoms with Gasteiger partial charge in [-0.15, -0.1) is 0 Å². The molecule has 2 N–H and O–H groups in total. The average molecular weight is 464 g/mol. The van der Waals surface area contributed by atoms with E-state index < -0.39 is 5.97 Å². The maximum atomic E-state index is 12.8. The van der Waals surface area contributed by atoms with Gasteiger partial charge in [0.05, 0.1) is 23.3 Å². The zero-order valence-corrected chi connectivity index (χ0v) is 19.4. The lowest BCUT2D eigenvalue weighted by Crippen LogP contribution is -2.25. The van der Waals surface area contributed by atoms with Crippen molar-refractivity contribution in [2.45, 2.75) is 19.9 Å². The molecule has 35 heavy (non-hydrogen) atoms. The van der Waals surface area contributed by atoms with Gasteiger partial charge < -0.3 is 15.0 Å². The number of para-hydroxylation sites is 1. The van der Waals surface area contributed by atoms with Gasteiger partial charge in [-0.25, -0.2) is 4.79 Å². The molecule has 0 aliphatic rings. The van der Waals surface area contributed by atoms with Crippen LogP contribution in [-0.2, 0) is 13.0 Å². The van der Waals surface area contributed by atoms with Gasteiger partial charge in [0.1, 0.15) is 0 Å². The quantitative estimate of drug-likeness (QED) is 0.347. The summed E-state index contributed by atoms with van der Waals surface area (Å²) in [4.78, 5) is 28.6.